The lowest BCUT2D eigenvalue weighted by Gasteiger charge is -2.31. The molecule has 1 N–H and O–H groups in total. The molecular formula is C20H15F3O2. The molecule has 3 aromatic carbocycles. The van der Waals surface area contributed by atoms with Crippen molar-refractivity contribution in [1.82, 2.24) is 0 Å². The minimum absolute atomic E-state index is 0.0183. The third-order valence-electron chi connectivity index (χ3n) is 3.89. The number of alkyl halides is 3. The van der Waals surface area contributed by atoms with Crippen LogP contribution in [0.1, 0.15) is 16.7 Å². The number of hydrogen-bond donors (Lipinski definition) is 1. The Labute approximate surface area is 143 Å². The molecule has 3 rings (SSSR count). The van der Waals surface area contributed by atoms with Crippen molar-refractivity contribution in [2.75, 3.05) is 0 Å². The lowest BCUT2D eigenvalue weighted by Crippen LogP contribution is -2.30. The first-order chi connectivity index (χ1) is 11.9. The Kier molecular flexibility index (Phi) is 4.51. The summed E-state index contributed by atoms with van der Waals surface area (Å²) in [7, 11) is 0. The zero-order valence-electron chi connectivity index (χ0n) is 13.1. The van der Waals surface area contributed by atoms with Crippen LogP contribution in [0.4, 0.5) is 13.2 Å². The summed E-state index contributed by atoms with van der Waals surface area (Å²) in [6.07, 6.45) is -4.86. The van der Waals surface area contributed by atoms with E-state index >= 15 is 0 Å². The van der Waals surface area contributed by atoms with Gasteiger partial charge >= 0.3 is 6.36 Å². The zero-order valence-corrected chi connectivity index (χ0v) is 13.1. The van der Waals surface area contributed by atoms with E-state index in [1.54, 1.807) is 66.7 Å². The zero-order chi connectivity index (χ0) is 17.9. The molecule has 3 aromatic rings. The van der Waals surface area contributed by atoms with E-state index < -0.39 is 17.7 Å². The normalized spacial score (nSPS) is 12.0. The molecule has 0 fully saturated rings. The van der Waals surface area contributed by atoms with Crippen LogP contribution in [0.3, 0.4) is 0 Å². The van der Waals surface area contributed by atoms with Gasteiger partial charge in [0, 0.05) is 5.56 Å². The van der Waals surface area contributed by atoms with E-state index in [2.05, 4.69) is 4.74 Å². The summed E-state index contributed by atoms with van der Waals surface area (Å²) in [5.74, 6) is -0.440. The molecule has 2 nitrogen and oxygen atoms in total. The molecule has 0 spiro atoms. The summed E-state index contributed by atoms with van der Waals surface area (Å²) in [5, 5.41) is 11.6. The van der Waals surface area contributed by atoms with E-state index in [-0.39, 0.29) is 5.56 Å². The van der Waals surface area contributed by atoms with E-state index in [4.69, 9.17) is 0 Å². The minimum atomic E-state index is -4.86. The van der Waals surface area contributed by atoms with Crippen molar-refractivity contribution in [1.29, 1.82) is 0 Å². The van der Waals surface area contributed by atoms with Crippen LogP contribution in [0.5, 0.6) is 5.75 Å². The van der Waals surface area contributed by atoms with E-state index in [1.165, 1.54) is 18.2 Å². The maximum absolute atomic E-state index is 12.8. The van der Waals surface area contributed by atoms with Gasteiger partial charge in [0.1, 0.15) is 11.4 Å². The van der Waals surface area contributed by atoms with E-state index in [0.717, 1.165) is 0 Å². The van der Waals surface area contributed by atoms with Crippen molar-refractivity contribution in [3.63, 3.8) is 0 Å². The number of para-hydroxylation sites is 1. The van der Waals surface area contributed by atoms with Gasteiger partial charge in [0.2, 0.25) is 0 Å². The number of aliphatic hydroxyl groups is 1. The van der Waals surface area contributed by atoms with Crippen molar-refractivity contribution in [2.45, 2.75) is 12.0 Å². The molecule has 0 saturated heterocycles. The highest BCUT2D eigenvalue weighted by Crippen LogP contribution is 2.42. The Morgan fingerprint density at radius 2 is 1.08 bits per heavy atom. The van der Waals surface area contributed by atoms with Crippen molar-refractivity contribution in [3.8, 4) is 5.75 Å². The Morgan fingerprint density at radius 3 is 1.56 bits per heavy atom. The first-order valence-electron chi connectivity index (χ1n) is 7.60. The first-order valence-corrected chi connectivity index (χ1v) is 7.60. The van der Waals surface area contributed by atoms with Crippen LogP contribution in [0.25, 0.3) is 0 Å². The lowest BCUT2D eigenvalue weighted by molar-refractivity contribution is -0.275. The van der Waals surface area contributed by atoms with Crippen molar-refractivity contribution < 1.29 is 23.0 Å². The lowest BCUT2D eigenvalue weighted by atomic mass is 9.80. The van der Waals surface area contributed by atoms with Gasteiger partial charge in [-0.1, -0.05) is 78.9 Å². The molecule has 0 unspecified atom stereocenters. The summed E-state index contributed by atoms with van der Waals surface area (Å²) in [6.45, 7) is 0. The molecule has 0 aliphatic rings. The predicted molar refractivity (Wildman–Crippen MR) is 88.1 cm³/mol. The molecule has 0 aliphatic heterocycles. The number of rotatable bonds is 4. The second-order valence-corrected chi connectivity index (χ2v) is 5.49. The monoisotopic (exact) mass is 344 g/mol. The van der Waals surface area contributed by atoms with Crippen molar-refractivity contribution in [2.24, 2.45) is 0 Å². The molecule has 5 heteroatoms. The SMILES string of the molecule is OC(c1ccccc1)(c1ccccc1)c1ccccc1OC(F)(F)F. The van der Waals surface area contributed by atoms with E-state index in [0.29, 0.717) is 11.1 Å². The second-order valence-electron chi connectivity index (χ2n) is 5.49. The van der Waals surface area contributed by atoms with Crippen LogP contribution in [0.2, 0.25) is 0 Å². The molecule has 0 amide bonds. The van der Waals surface area contributed by atoms with Crippen molar-refractivity contribution >= 4 is 0 Å². The molecule has 0 radical (unpaired) electrons. The van der Waals surface area contributed by atoms with Gasteiger partial charge in [-0.2, -0.15) is 0 Å². The number of hydrogen-bond acceptors (Lipinski definition) is 2. The Hall–Kier alpha value is -2.79. The molecular weight excluding hydrogens is 329 g/mol. The largest absolute Gasteiger partial charge is 0.573 e. The van der Waals surface area contributed by atoms with E-state index in [1.807, 2.05) is 0 Å². The van der Waals surface area contributed by atoms with Gasteiger partial charge in [0.15, 0.2) is 0 Å². The van der Waals surface area contributed by atoms with Gasteiger partial charge in [-0.05, 0) is 17.2 Å². The van der Waals surface area contributed by atoms with Gasteiger partial charge in [-0.3, -0.25) is 0 Å². The van der Waals surface area contributed by atoms with Crippen LogP contribution in [-0.4, -0.2) is 11.5 Å². The molecule has 25 heavy (non-hydrogen) atoms. The fourth-order valence-electron chi connectivity index (χ4n) is 2.82. The number of ether oxygens (including phenoxy) is 1. The smallest absolute Gasteiger partial charge is 0.405 e. The van der Waals surface area contributed by atoms with Crippen LogP contribution in [0.15, 0.2) is 84.9 Å². The summed E-state index contributed by atoms with van der Waals surface area (Å²) in [5.41, 5.74) is -0.881. The quantitative estimate of drug-likeness (QED) is 0.684. The standard InChI is InChI=1S/C20H15F3O2/c21-20(22,23)25-18-14-8-7-13-17(18)19(24,15-9-3-1-4-10-15)16-11-5-2-6-12-16/h1-14,24H. The fourth-order valence-corrected chi connectivity index (χ4v) is 2.82. The van der Waals surface area contributed by atoms with Gasteiger partial charge in [0.05, 0.1) is 0 Å². The second kappa shape index (κ2) is 6.61. The van der Waals surface area contributed by atoms with Crippen LogP contribution in [0, 0.1) is 0 Å². The minimum Gasteiger partial charge on any atom is -0.405 e. The molecule has 0 heterocycles. The maximum atomic E-state index is 12.8. The molecule has 0 bridgehead atoms. The van der Waals surface area contributed by atoms with Gasteiger partial charge in [0.25, 0.3) is 0 Å². The highest BCUT2D eigenvalue weighted by molar-refractivity contribution is 5.52. The fraction of sp³-hybridized carbons (Fsp3) is 0.100. The topological polar surface area (TPSA) is 29.5 Å². The summed E-state index contributed by atoms with van der Waals surface area (Å²) in [6, 6.07) is 22.7. The average Bonchev–Trinajstić information content (AvgIpc) is 2.62. The van der Waals surface area contributed by atoms with Gasteiger partial charge < -0.3 is 9.84 Å². The Balaban J connectivity index is 2.24. The van der Waals surface area contributed by atoms with Crippen LogP contribution >= 0.6 is 0 Å². The van der Waals surface area contributed by atoms with Crippen LogP contribution in [-0.2, 0) is 5.60 Å². The van der Waals surface area contributed by atoms with Crippen molar-refractivity contribution in [3.05, 3.63) is 102 Å². The highest BCUT2D eigenvalue weighted by atomic mass is 19.4. The maximum Gasteiger partial charge on any atom is 0.573 e. The summed E-state index contributed by atoms with van der Waals surface area (Å²) in [4.78, 5) is 0. The highest BCUT2D eigenvalue weighted by Gasteiger charge is 2.39. The summed E-state index contributed by atoms with van der Waals surface area (Å²) < 4.78 is 42.6. The van der Waals surface area contributed by atoms with Crippen LogP contribution < -0.4 is 4.74 Å². The average molecular weight is 344 g/mol. The number of benzene rings is 3. The molecule has 0 saturated carbocycles. The van der Waals surface area contributed by atoms with Gasteiger partial charge in [-0.25, -0.2) is 0 Å². The number of halogens is 3. The molecule has 128 valence electrons. The molecule has 0 aromatic heterocycles. The molecule has 0 aliphatic carbocycles. The predicted octanol–water partition coefficient (Wildman–Crippen LogP) is 4.87. The van der Waals surface area contributed by atoms with Gasteiger partial charge in [-0.15, -0.1) is 13.2 Å². The third kappa shape index (κ3) is 3.51. The Morgan fingerprint density at radius 1 is 0.640 bits per heavy atom. The first kappa shape index (κ1) is 17.0. The Bertz CT molecular complexity index is 791. The molecule has 0 atom stereocenters. The van der Waals surface area contributed by atoms with E-state index in [9.17, 15) is 18.3 Å². The third-order valence-corrected chi connectivity index (χ3v) is 3.89. The summed E-state index contributed by atoms with van der Waals surface area (Å²) >= 11 is 0.